The quantitative estimate of drug-likeness (QED) is 0.484. The molecule has 2 aromatic heterocycles. The van der Waals surface area contributed by atoms with E-state index in [0.29, 0.717) is 18.0 Å². The third kappa shape index (κ3) is 3.35. The highest BCUT2D eigenvalue weighted by Gasteiger charge is 2.28. The number of benzene rings is 2. The maximum absolute atomic E-state index is 13.0. The fraction of sp³-hybridized carbons (Fsp3) is 0.125. The van der Waals surface area contributed by atoms with E-state index in [1.165, 1.54) is 16.9 Å². The summed E-state index contributed by atoms with van der Waals surface area (Å²) in [5, 5.41) is 3.98. The Morgan fingerprint density at radius 3 is 2.43 bits per heavy atom. The smallest absolute Gasteiger partial charge is 0.263 e. The van der Waals surface area contributed by atoms with Crippen LogP contribution in [-0.4, -0.2) is 16.7 Å². The van der Waals surface area contributed by atoms with E-state index in [0.717, 1.165) is 33.0 Å². The lowest BCUT2D eigenvalue weighted by molar-refractivity contribution is 0.0955. The number of anilines is 1. The van der Waals surface area contributed by atoms with Gasteiger partial charge in [0.1, 0.15) is 22.2 Å². The number of hydrogen-bond acceptors (Lipinski definition) is 5. The molecule has 0 atom stereocenters. The lowest BCUT2D eigenvalue weighted by Gasteiger charge is -2.27. The second kappa shape index (κ2) is 7.72. The van der Waals surface area contributed by atoms with Gasteiger partial charge in [-0.05, 0) is 24.1 Å². The highest BCUT2D eigenvalue weighted by atomic mass is 32.1. The lowest BCUT2D eigenvalue weighted by atomic mass is 10.1. The molecule has 148 valence electrons. The number of nitrogens with zero attached hydrogens (tertiary/aromatic N) is 3. The fourth-order valence-corrected chi connectivity index (χ4v) is 4.72. The predicted octanol–water partition coefficient (Wildman–Crippen LogP) is 5.30. The summed E-state index contributed by atoms with van der Waals surface area (Å²) < 4.78 is 1.02. The molecule has 6 heteroatoms. The predicted molar refractivity (Wildman–Crippen MR) is 123 cm³/mol. The van der Waals surface area contributed by atoms with Gasteiger partial charge in [0, 0.05) is 17.4 Å². The van der Waals surface area contributed by atoms with Crippen molar-refractivity contribution in [1.82, 2.24) is 10.3 Å². The Morgan fingerprint density at radius 2 is 1.70 bits per heavy atom. The van der Waals surface area contributed by atoms with E-state index in [-0.39, 0.29) is 5.91 Å². The molecule has 1 amide bonds. The van der Waals surface area contributed by atoms with Gasteiger partial charge in [0.25, 0.3) is 5.91 Å². The zero-order valence-corrected chi connectivity index (χ0v) is 17.3. The first-order chi connectivity index (χ1) is 14.7. The van der Waals surface area contributed by atoms with Gasteiger partial charge in [-0.3, -0.25) is 4.79 Å². The topological polar surface area (TPSA) is 57.6 Å². The largest absolute Gasteiger partial charge is 0.347 e. The Bertz CT molecular complexity index is 1250. The fourth-order valence-electron chi connectivity index (χ4n) is 3.67. The van der Waals surface area contributed by atoms with Crippen molar-refractivity contribution < 1.29 is 4.79 Å². The number of carbonyl (C=O) groups is 1. The maximum atomic E-state index is 13.0. The number of amidine groups is 1. The maximum Gasteiger partial charge on any atom is 0.263 e. The van der Waals surface area contributed by atoms with Crippen LogP contribution in [0.15, 0.2) is 77.9 Å². The molecular weight excluding hydrogens is 392 g/mol. The number of hydrogen-bond donors (Lipinski definition) is 1. The van der Waals surface area contributed by atoms with Crippen molar-refractivity contribution in [1.29, 1.82) is 0 Å². The van der Waals surface area contributed by atoms with Crippen LogP contribution in [0.5, 0.6) is 0 Å². The van der Waals surface area contributed by atoms with Gasteiger partial charge < -0.3 is 10.2 Å². The molecule has 2 aromatic carbocycles. The van der Waals surface area contributed by atoms with Gasteiger partial charge in [-0.25, -0.2) is 9.98 Å². The molecule has 0 radical (unpaired) electrons. The molecule has 30 heavy (non-hydrogen) atoms. The van der Waals surface area contributed by atoms with Crippen molar-refractivity contribution in [3.63, 3.8) is 0 Å². The van der Waals surface area contributed by atoms with Crippen LogP contribution in [0.4, 0.5) is 11.5 Å². The van der Waals surface area contributed by atoms with Crippen molar-refractivity contribution >= 4 is 44.7 Å². The van der Waals surface area contributed by atoms with E-state index in [1.54, 1.807) is 6.20 Å². The zero-order chi connectivity index (χ0) is 20.5. The molecule has 0 unspecified atom stereocenters. The van der Waals surface area contributed by atoms with E-state index in [2.05, 4.69) is 27.3 Å². The summed E-state index contributed by atoms with van der Waals surface area (Å²) in [7, 11) is 0. The van der Waals surface area contributed by atoms with Crippen molar-refractivity contribution in [3.05, 3.63) is 88.9 Å². The lowest BCUT2D eigenvalue weighted by Crippen LogP contribution is -2.30. The third-order valence-electron chi connectivity index (χ3n) is 5.16. The summed E-state index contributed by atoms with van der Waals surface area (Å²) in [4.78, 5) is 25.2. The number of thiophene rings is 1. The van der Waals surface area contributed by atoms with E-state index >= 15 is 0 Å². The average molecular weight is 413 g/mol. The van der Waals surface area contributed by atoms with Gasteiger partial charge >= 0.3 is 0 Å². The summed E-state index contributed by atoms with van der Waals surface area (Å²) in [5.41, 5.74) is 2.98. The Balaban J connectivity index is 1.49. The average Bonchev–Trinajstić information content (AvgIpc) is 3.16. The number of rotatable bonds is 5. The van der Waals surface area contributed by atoms with E-state index < -0.39 is 0 Å². The SMILES string of the molecule is CC1=Nc2c(C(=O)NCc3ccccc3)sc3ccnc(c23)N1Cc1ccccc1. The Labute approximate surface area is 178 Å². The van der Waals surface area contributed by atoms with E-state index in [1.807, 2.05) is 61.5 Å². The van der Waals surface area contributed by atoms with Crippen LogP contribution in [0.3, 0.4) is 0 Å². The zero-order valence-electron chi connectivity index (χ0n) is 16.5. The number of aromatic nitrogens is 1. The molecule has 4 aromatic rings. The number of amides is 1. The molecule has 1 aliphatic rings. The molecule has 1 N–H and O–H groups in total. The summed E-state index contributed by atoms with van der Waals surface area (Å²) in [6, 6.07) is 22.1. The first kappa shape index (κ1) is 18.5. The second-order valence-corrected chi connectivity index (χ2v) is 8.24. The highest BCUT2D eigenvalue weighted by Crippen LogP contribution is 2.45. The number of pyridine rings is 1. The third-order valence-corrected chi connectivity index (χ3v) is 6.31. The van der Waals surface area contributed by atoms with Crippen molar-refractivity contribution in [2.45, 2.75) is 20.0 Å². The number of nitrogens with one attached hydrogen (secondary N) is 1. The molecule has 0 saturated carbocycles. The van der Waals surface area contributed by atoms with Crippen LogP contribution in [0.1, 0.15) is 27.7 Å². The Kier molecular flexibility index (Phi) is 4.77. The van der Waals surface area contributed by atoms with Crippen molar-refractivity contribution in [3.8, 4) is 0 Å². The Hall–Kier alpha value is -3.51. The number of aliphatic imine (C=N–C) groups is 1. The van der Waals surface area contributed by atoms with Crippen LogP contribution in [0.25, 0.3) is 10.1 Å². The van der Waals surface area contributed by atoms with Gasteiger partial charge in [0.15, 0.2) is 0 Å². The molecule has 3 heterocycles. The van der Waals surface area contributed by atoms with Gasteiger partial charge in [0.2, 0.25) is 0 Å². The standard InChI is InChI=1S/C24H20N4OS/c1-16-27-21-20-19(30-22(21)24(29)26-14-17-8-4-2-5-9-17)12-13-25-23(20)28(16)15-18-10-6-3-7-11-18/h2-13H,14-15H2,1H3,(H,26,29). The molecule has 0 bridgehead atoms. The van der Waals surface area contributed by atoms with Gasteiger partial charge in [-0.2, -0.15) is 0 Å². The summed E-state index contributed by atoms with van der Waals surface area (Å²) in [5.74, 6) is 1.59. The molecule has 0 spiro atoms. The molecule has 5 nitrogen and oxygen atoms in total. The van der Waals surface area contributed by atoms with Crippen LogP contribution < -0.4 is 10.2 Å². The van der Waals surface area contributed by atoms with Gasteiger partial charge in [-0.15, -0.1) is 11.3 Å². The molecular formula is C24H20N4OS. The van der Waals surface area contributed by atoms with Crippen molar-refractivity contribution in [2.24, 2.45) is 4.99 Å². The minimum absolute atomic E-state index is 0.103. The van der Waals surface area contributed by atoms with Gasteiger partial charge in [0.05, 0.1) is 11.9 Å². The first-order valence-corrected chi connectivity index (χ1v) is 10.6. The molecule has 1 aliphatic heterocycles. The van der Waals surface area contributed by atoms with E-state index in [9.17, 15) is 4.79 Å². The first-order valence-electron chi connectivity index (χ1n) is 9.81. The van der Waals surface area contributed by atoms with Crippen LogP contribution in [0, 0.1) is 0 Å². The number of carbonyl (C=O) groups excluding carboxylic acids is 1. The van der Waals surface area contributed by atoms with Crippen LogP contribution in [0.2, 0.25) is 0 Å². The normalized spacial score (nSPS) is 12.7. The van der Waals surface area contributed by atoms with Crippen LogP contribution >= 0.6 is 11.3 Å². The summed E-state index contributed by atoms with van der Waals surface area (Å²) in [6.45, 7) is 3.14. The molecule has 0 aliphatic carbocycles. The minimum Gasteiger partial charge on any atom is -0.347 e. The summed E-state index contributed by atoms with van der Waals surface area (Å²) in [6.07, 6.45) is 1.81. The van der Waals surface area contributed by atoms with Gasteiger partial charge in [-0.1, -0.05) is 60.7 Å². The van der Waals surface area contributed by atoms with E-state index in [4.69, 9.17) is 4.99 Å². The molecule has 0 fully saturated rings. The van der Waals surface area contributed by atoms with Crippen molar-refractivity contribution in [2.75, 3.05) is 4.90 Å². The van der Waals surface area contributed by atoms with Crippen LogP contribution in [-0.2, 0) is 13.1 Å². The second-order valence-electron chi connectivity index (χ2n) is 7.19. The minimum atomic E-state index is -0.103. The molecule has 5 rings (SSSR count). The summed E-state index contributed by atoms with van der Waals surface area (Å²) >= 11 is 1.47. The Morgan fingerprint density at radius 1 is 1.00 bits per heavy atom. The highest BCUT2D eigenvalue weighted by molar-refractivity contribution is 7.21. The molecule has 0 saturated heterocycles. The monoisotopic (exact) mass is 412 g/mol.